The fraction of sp³-hybridized carbons (Fsp3) is 0.292. The zero-order chi connectivity index (χ0) is 22.3. The van der Waals surface area contributed by atoms with E-state index >= 15 is 0 Å². The Morgan fingerprint density at radius 1 is 1.06 bits per heavy atom. The molecule has 2 aliphatic rings. The van der Waals surface area contributed by atoms with Crippen LogP contribution in [0.4, 0.5) is 0 Å². The Hall–Kier alpha value is -2.12. The van der Waals surface area contributed by atoms with Crippen molar-refractivity contribution in [3.05, 3.63) is 77.1 Å². The molecule has 1 heterocycles. The molecule has 3 aromatic rings. The predicted octanol–water partition coefficient (Wildman–Crippen LogP) is 6.08. The summed E-state index contributed by atoms with van der Waals surface area (Å²) < 4.78 is 35.9. The van der Waals surface area contributed by atoms with E-state index in [1.807, 2.05) is 30.5 Å². The molecular weight excluding hydrogens is 469 g/mol. The van der Waals surface area contributed by atoms with E-state index in [0.29, 0.717) is 16.7 Å². The second-order valence-electron chi connectivity index (χ2n) is 8.21. The van der Waals surface area contributed by atoms with Crippen LogP contribution in [0, 0.1) is 0 Å². The predicted molar refractivity (Wildman–Crippen MR) is 124 cm³/mol. The van der Waals surface area contributed by atoms with Crippen LogP contribution in [0.2, 0.25) is 5.02 Å². The summed E-state index contributed by atoms with van der Waals surface area (Å²) in [7, 11) is 1.64. The average Bonchev–Trinajstić information content (AvgIpc) is 3.70. The molecule has 8 heteroatoms. The lowest BCUT2D eigenvalue weighted by molar-refractivity contribution is 0.0173. The fourth-order valence-corrected chi connectivity index (χ4v) is 4.76. The van der Waals surface area contributed by atoms with Gasteiger partial charge in [-0.1, -0.05) is 29.8 Å². The van der Waals surface area contributed by atoms with E-state index in [2.05, 4.69) is 11.1 Å². The van der Waals surface area contributed by atoms with Gasteiger partial charge in [-0.3, -0.25) is 4.98 Å². The first-order valence-corrected chi connectivity index (χ1v) is 13.1. The lowest BCUT2D eigenvalue weighted by Gasteiger charge is -2.22. The first-order chi connectivity index (χ1) is 15.4. The Balaban J connectivity index is 1.45. The molecule has 2 saturated carbocycles. The van der Waals surface area contributed by atoms with Crippen molar-refractivity contribution in [2.45, 2.75) is 48.9 Å². The van der Waals surface area contributed by atoms with E-state index in [0.717, 1.165) is 48.1 Å². The molecular formula is C24H21Cl2NO4S. The van der Waals surface area contributed by atoms with Gasteiger partial charge >= 0.3 is 0 Å². The van der Waals surface area contributed by atoms with Gasteiger partial charge in [-0.2, -0.15) is 0 Å². The van der Waals surface area contributed by atoms with Crippen LogP contribution in [-0.4, -0.2) is 19.5 Å². The fourth-order valence-electron chi connectivity index (χ4n) is 3.78. The molecule has 0 atom stereocenters. The summed E-state index contributed by atoms with van der Waals surface area (Å²) in [5.74, 6) is 0.862. The monoisotopic (exact) mass is 489 g/mol. The van der Waals surface area contributed by atoms with E-state index in [-0.39, 0.29) is 11.5 Å². The zero-order valence-electron chi connectivity index (χ0n) is 17.1. The number of ether oxygens (including phenoxy) is 2. The minimum atomic E-state index is -3.85. The third kappa shape index (κ3) is 4.50. The van der Waals surface area contributed by atoms with Gasteiger partial charge in [0.2, 0.25) is 0 Å². The highest BCUT2D eigenvalue weighted by Gasteiger charge is 2.47. The van der Waals surface area contributed by atoms with Gasteiger partial charge in [-0.05, 0) is 67.1 Å². The van der Waals surface area contributed by atoms with Gasteiger partial charge < -0.3 is 9.47 Å². The third-order valence-corrected chi connectivity index (χ3v) is 7.53. The second-order valence-corrected chi connectivity index (χ2v) is 11.2. The summed E-state index contributed by atoms with van der Waals surface area (Å²) in [5.41, 5.74) is 3.10. The molecule has 1 aromatic heterocycles. The molecule has 0 aliphatic heterocycles. The molecule has 0 radical (unpaired) electrons. The number of halogens is 2. The van der Waals surface area contributed by atoms with Crippen molar-refractivity contribution >= 4 is 31.3 Å². The SMILES string of the molecule is O=S(=O)(Cl)c1ccc(Cl)c(COC2(c3cnccc3-c3ccccc3OC3CC3)CC2)c1. The molecule has 2 aliphatic carbocycles. The van der Waals surface area contributed by atoms with E-state index < -0.39 is 14.7 Å². The first kappa shape index (κ1) is 21.7. The topological polar surface area (TPSA) is 65.5 Å². The van der Waals surface area contributed by atoms with Crippen LogP contribution < -0.4 is 4.74 Å². The standard InChI is InChI=1S/C24H21Cl2NO4S/c25-22-8-7-18(32(26,28)29)13-16(22)15-30-24(10-11-24)21-14-27-12-9-19(21)20-3-1-2-4-23(20)31-17-5-6-17/h1-4,7-9,12-14,17H,5-6,10-11,15H2. The average molecular weight is 490 g/mol. The molecule has 0 N–H and O–H groups in total. The van der Waals surface area contributed by atoms with Crippen LogP contribution in [0.1, 0.15) is 36.8 Å². The number of hydrogen-bond acceptors (Lipinski definition) is 5. The molecule has 0 bridgehead atoms. The van der Waals surface area contributed by atoms with Crippen LogP contribution in [0.5, 0.6) is 5.75 Å². The van der Waals surface area contributed by atoms with Gasteiger partial charge in [0.25, 0.3) is 9.05 Å². The Kier molecular flexibility index (Phi) is 5.66. The number of para-hydroxylation sites is 1. The summed E-state index contributed by atoms with van der Waals surface area (Å²) in [6.07, 6.45) is 7.75. The van der Waals surface area contributed by atoms with Gasteiger partial charge in [0, 0.05) is 39.2 Å². The van der Waals surface area contributed by atoms with Gasteiger partial charge in [0.05, 0.1) is 23.2 Å². The summed E-state index contributed by atoms with van der Waals surface area (Å²) in [4.78, 5) is 4.36. The van der Waals surface area contributed by atoms with Crippen molar-refractivity contribution in [3.63, 3.8) is 0 Å². The quantitative estimate of drug-likeness (QED) is 0.358. The molecule has 0 saturated heterocycles. The van der Waals surface area contributed by atoms with Crippen molar-refractivity contribution in [2.24, 2.45) is 0 Å². The van der Waals surface area contributed by atoms with E-state index in [9.17, 15) is 8.42 Å². The van der Waals surface area contributed by atoms with Gasteiger partial charge in [-0.15, -0.1) is 0 Å². The number of benzene rings is 2. The molecule has 32 heavy (non-hydrogen) atoms. The van der Waals surface area contributed by atoms with Crippen molar-refractivity contribution in [2.75, 3.05) is 0 Å². The molecule has 0 unspecified atom stereocenters. The summed E-state index contributed by atoms with van der Waals surface area (Å²) in [6, 6.07) is 14.4. The molecule has 5 rings (SSSR count). The van der Waals surface area contributed by atoms with Crippen LogP contribution in [-0.2, 0) is 26.0 Å². The van der Waals surface area contributed by atoms with Crippen LogP contribution >= 0.6 is 22.3 Å². The molecule has 5 nitrogen and oxygen atoms in total. The van der Waals surface area contributed by atoms with Crippen molar-refractivity contribution in [1.82, 2.24) is 4.98 Å². The normalized spacial score (nSPS) is 17.2. The smallest absolute Gasteiger partial charge is 0.261 e. The van der Waals surface area contributed by atoms with Gasteiger partial charge in [-0.25, -0.2) is 8.42 Å². The van der Waals surface area contributed by atoms with Gasteiger partial charge in [0.1, 0.15) is 5.75 Å². The minimum Gasteiger partial charge on any atom is -0.490 e. The Morgan fingerprint density at radius 2 is 1.84 bits per heavy atom. The maximum absolute atomic E-state index is 11.7. The first-order valence-electron chi connectivity index (χ1n) is 10.4. The summed E-state index contributed by atoms with van der Waals surface area (Å²) in [6.45, 7) is 0.160. The Morgan fingerprint density at radius 3 is 2.56 bits per heavy atom. The largest absolute Gasteiger partial charge is 0.490 e. The van der Waals surface area contributed by atoms with Crippen molar-refractivity contribution < 1.29 is 17.9 Å². The second kappa shape index (κ2) is 8.34. The van der Waals surface area contributed by atoms with Crippen LogP contribution in [0.25, 0.3) is 11.1 Å². The molecule has 0 spiro atoms. The Labute approximate surface area is 196 Å². The Bertz CT molecular complexity index is 1270. The lowest BCUT2D eigenvalue weighted by atomic mass is 9.96. The molecule has 166 valence electrons. The molecule has 0 amide bonds. The maximum atomic E-state index is 11.7. The van der Waals surface area contributed by atoms with E-state index in [4.69, 9.17) is 31.8 Å². The number of aromatic nitrogens is 1. The highest BCUT2D eigenvalue weighted by Crippen LogP contribution is 2.53. The highest BCUT2D eigenvalue weighted by molar-refractivity contribution is 8.13. The summed E-state index contributed by atoms with van der Waals surface area (Å²) in [5, 5.41) is 0.430. The number of pyridine rings is 1. The number of hydrogen-bond donors (Lipinski definition) is 0. The summed E-state index contributed by atoms with van der Waals surface area (Å²) >= 11 is 6.30. The van der Waals surface area contributed by atoms with Crippen molar-refractivity contribution in [3.8, 4) is 16.9 Å². The molecule has 2 aromatic carbocycles. The minimum absolute atomic E-state index is 0.000215. The molecule has 2 fully saturated rings. The van der Waals surface area contributed by atoms with Crippen LogP contribution in [0.15, 0.2) is 65.8 Å². The zero-order valence-corrected chi connectivity index (χ0v) is 19.5. The van der Waals surface area contributed by atoms with Gasteiger partial charge in [0.15, 0.2) is 0 Å². The maximum Gasteiger partial charge on any atom is 0.261 e. The number of rotatable bonds is 8. The number of nitrogens with zero attached hydrogens (tertiary/aromatic N) is 1. The highest BCUT2D eigenvalue weighted by atomic mass is 35.7. The third-order valence-electron chi connectivity index (χ3n) is 5.81. The van der Waals surface area contributed by atoms with Crippen LogP contribution in [0.3, 0.4) is 0 Å². The lowest BCUT2D eigenvalue weighted by Crippen LogP contribution is -2.14. The van der Waals surface area contributed by atoms with E-state index in [1.165, 1.54) is 18.2 Å². The van der Waals surface area contributed by atoms with Crippen molar-refractivity contribution in [1.29, 1.82) is 0 Å². The van der Waals surface area contributed by atoms with E-state index in [1.54, 1.807) is 6.20 Å².